The van der Waals surface area contributed by atoms with Crippen molar-refractivity contribution in [2.75, 3.05) is 5.75 Å². The zero-order chi connectivity index (χ0) is 19.8. The van der Waals surface area contributed by atoms with Gasteiger partial charge < -0.3 is 0 Å². The second-order valence-corrected chi connectivity index (χ2v) is 8.17. The van der Waals surface area contributed by atoms with Crippen LogP contribution in [0.15, 0.2) is 57.0 Å². The van der Waals surface area contributed by atoms with Crippen LogP contribution in [0.5, 0.6) is 0 Å². The number of nitro benzene ring substituents is 1. The highest BCUT2D eigenvalue weighted by molar-refractivity contribution is 9.10. The summed E-state index contributed by atoms with van der Waals surface area (Å²) < 4.78 is 0.827. The molecular formula is C18H14BrN5O3S. The lowest BCUT2D eigenvalue weighted by Gasteiger charge is -2.34. The van der Waals surface area contributed by atoms with Crippen LogP contribution in [0, 0.1) is 10.1 Å². The van der Waals surface area contributed by atoms with Gasteiger partial charge in [0.2, 0.25) is 0 Å². The van der Waals surface area contributed by atoms with Crippen LogP contribution in [0.1, 0.15) is 18.7 Å². The molecule has 0 aromatic heterocycles. The Kier molecular flexibility index (Phi) is 4.90. The molecular weight excluding hydrogens is 446 g/mol. The van der Waals surface area contributed by atoms with E-state index in [1.165, 1.54) is 23.9 Å². The Morgan fingerprint density at radius 3 is 2.71 bits per heavy atom. The Hall–Kier alpha value is -2.72. The van der Waals surface area contributed by atoms with E-state index in [2.05, 4.69) is 26.3 Å². The van der Waals surface area contributed by atoms with E-state index < -0.39 is 11.1 Å². The van der Waals surface area contributed by atoms with Gasteiger partial charge in [-0.05, 0) is 41.6 Å². The Balaban J connectivity index is 1.91. The summed E-state index contributed by atoms with van der Waals surface area (Å²) in [5.74, 6) is 0.496. The number of carbonyl (C=O) groups is 1. The van der Waals surface area contributed by atoms with E-state index in [0.29, 0.717) is 27.0 Å². The van der Waals surface area contributed by atoms with Gasteiger partial charge in [0.1, 0.15) is 5.70 Å². The lowest BCUT2D eigenvalue weighted by atomic mass is 10.1. The third-order valence-electron chi connectivity index (χ3n) is 4.25. The minimum atomic E-state index is -0.594. The molecule has 0 fully saturated rings. The Bertz CT molecular complexity index is 1130. The molecule has 1 atom stereocenters. The van der Waals surface area contributed by atoms with Crippen LogP contribution in [0.2, 0.25) is 0 Å². The number of benzene rings is 2. The second kappa shape index (κ2) is 7.36. The first kappa shape index (κ1) is 18.6. The maximum atomic E-state index is 12.9. The van der Waals surface area contributed by atoms with Crippen LogP contribution >= 0.6 is 27.7 Å². The standard InChI is InChI=1S/C18H14BrN5O3S/c1-2-28-18-21-17(25)15-13-9-11(19)5-8-14(13)20-16(23(15)22-18)10-3-6-12(7-4-10)24(26)27/h3-9,16H,2H2,1H3,(H,21,22,25). The van der Waals surface area contributed by atoms with Crippen LogP contribution in [0.25, 0.3) is 5.70 Å². The third-order valence-corrected chi connectivity index (χ3v) is 5.49. The predicted molar refractivity (Wildman–Crippen MR) is 110 cm³/mol. The molecule has 0 spiro atoms. The number of hydrogen-bond donors (Lipinski definition) is 1. The van der Waals surface area contributed by atoms with Crippen LogP contribution < -0.4 is 15.9 Å². The van der Waals surface area contributed by atoms with E-state index in [1.807, 2.05) is 25.1 Å². The summed E-state index contributed by atoms with van der Waals surface area (Å²) in [5.41, 5.74) is 1.10. The molecule has 2 aromatic rings. The molecule has 0 saturated heterocycles. The first-order chi connectivity index (χ1) is 13.5. The zero-order valence-electron chi connectivity index (χ0n) is 14.6. The van der Waals surface area contributed by atoms with Crippen molar-refractivity contribution in [3.8, 4) is 0 Å². The largest absolute Gasteiger partial charge is 0.298 e. The third kappa shape index (κ3) is 3.29. The molecule has 4 rings (SSSR count). The van der Waals surface area contributed by atoms with E-state index in [1.54, 1.807) is 17.1 Å². The van der Waals surface area contributed by atoms with Crippen molar-refractivity contribution in [3.63, 3.8) is 0 Å². The molecule has 0 bridgehead atoms. The van der Waals surface area contributed by atoms with E-state index in [9.17, 15) is 14.9 Å². The summed E-state index contributed by atoms with van der Waals surface area (Å²) in [6.07, 6.45) is -0.594. The average molecular weight is 460 g/mol. The normalized spacial score (nSPS) is 17.9. The van der Waals surface area contributed by atoms with E-state index in [0.717, 1.165) is 10.2 Å². The number of amides is 1. The number of nitrogens with one attached hydrogen (secondary N) is 1. The first-order valence-electron chi connectivity index (χ1n) is 8.42. The van der Waals surface area contributed by atoms with Gasteiger partial charge in [0.15, 0.2) is 11.3 Å². The number of hydrogen-bond acceptors (Lipinski definition) is 7. The molecule has 0 saturated carbocycles. The van der Waals surface area contributed by atoms with Gasteiger partial charge in [-0.15, -0.1) is 5.10 Å². The quantitative estimate of drug-likeness (QED) is 0.560. The number of rotatable bonds is 3. The van der Waals surface area contributed by atoms with Gasteiger partial charge in [-0.25, -0.2) is 5.01 Å². The number of non-ortho nitro benzene ring substituents is 1. The fourth-order valence-corrected chi connectivity index (χ4v) is 3.98. The van der Waals surface area contributed by atoms with Crippen molar-refractivity contribution < 1.29 is 9.72 Å². The molecule has 0 aliphatic carbocycles. The Morgan fingerprint density at radius 2 is 2.04 bits per heavy atom. The van der Waals surface area contributed by atoms with Crippen LogP contribution in [0.4, 0.5) is 5.69 Å². The van der Waals surface area contributed by atoms with Crippen LogP contribution in [-0.4, -0.2) is 26.8 Å². The fraction of sp³-hybridized carbons (Fsp3) is 0.167. The molecule has 8 nitrogen and oxygen atoms in total. The van der Waals surface area contributed by atoms with Crippen molar-refractivity contribution >= 4 is 50.2 Å². The lowest BCUT2D eigenvalue weighted by Crippen LogP contribution is -2.50. The molecule has 10 heteroatoms. The number of amidine groups is 1. The van der Waals surface area contributed by atoms with Crippen LogP contribution in [-0.2, 0) is 4.79 Å². The lowest BCUT2D eigenvalue weighted by molar-refractivity contribution is -0.384. The van der Waals surface area contributed by atoms with E-state index in [4.69, 9.17) is 4.99 Å². The molecule has 2 heterocycles. The molecule has 2 aromatic carbocycles. The average Bonchev–Trinajstić information content (AvgIpc) is 2.67. The molecule has 1 amide bonds. The van der Waals surface area contributed by atoms with Gasteiger partial charge in [0, 0.05) is 21.8 Å². The SMILES string of the molecule is CCSC1=NN2C(=c3cc(Br)ccc3=NC2c2ccc([N+](=O)[O-])cc2)C(=O)N1. The highest BCUT2D eigenvalue weighted by Gasteiger charge is 2.34. The summed E-state index contributed by atoms with van der Waals surface area (Å²) in [6.45, 7) is 1.97. The minimum absolute atomic E-state index is 0.00444. The predicted octanol–water partition coefficient (Wildman–Crippen LogP) is 2.25. The monoisotopic (exact) mass is 459 g/mol. The van der Waals surface area contributed by atoms with Gasteiger partial charge >= 0.3 is 0 Å². The van der Waals surface area contributed by atoms with Crippen molar-refractivity contribution in [1.29, 1.82) is 0 Å². The molecule has 142 valence electrons. The van der Waals surface area contributed by atoms with E-state index in [-0.39, 0.29) is 11.6 Å². The van der Waals surface area contributed by atoms with E-state index >= 15 is 0 Å². The van der Waals surface area contributed by atoms with Gasteiger partial charge in [-0.3, -0.25) is 25.2 Å². The summed E-state index contributed by atoms with van der Waals surface area (Å²) in [4.78, 5) is 28.1. The second-order valence-electron chi connectivity index (χ2n) is 6.00. The van der Waals surface area contributed by atoms with Gasteiger partial charge in [0.05, 0.1) is 10.3 Å². The summed E-state index contributed by atoms with van der Waals surface area (Å²) >= 11 is 4.86. The molecule has 2 aliphatic heterocycles. The summed E-state index contributed by atoms with van der Waals surface area (Å²) in [6, 6.07) is 11.7. The summed E-state index contributed by atoms with van der Waals surface area (Å²) in [7, 11) is 0. The number of nitrogens with zero attached hydrogens (tertiary/aromatic N) is 4. The smallest absolute Gasteiger partial charge is 0.276 e. The number of fused-ring (bicyclic) bond motifs is 2. The Morgan fingerprint density at radius 1 is 1.29 bits per heavy atom. The maximum Gasteiger partial charge on any atom is 0.276 e. The van der Waals surface area contributed by atoms with Gasteiger partial charge in [-0.1, -0.05) is 34.6 Å². The molecule has 28 heavy (non-hydrogen) atoms. The molecule has 1 N–H and O–H groups in total. The molecule has 0 radical (unpaired) electrons. The topological polar surface area (TPSA) is 100 Å². The minimum Gasteiger partial charge on any atom is -0.298 e. The van der Waals surface area contributed by atoms with Gasteiger partial charge in [-0.2, -0.15) is 0 Å². The molecule has 1 unspecified atom stereocenters. The van der Waals surface area contributed by atoms with Crippen molar-refractivity contribution in [1.82, 2.24) is 10.3 Å². The highest BCUT2D eigenvalue weighted by atomic mass is 79.9. The Labute approximate surface area is 172 Å². The van der Waals surface area contributed by atoms with Crippen molar-refractivity contribution in [2.24, 2.45) is 10.1 Å². The number of thioether (sulfide) groups is 1. The highest BCUT2D eigenvalue weighted by Crippen LogP contribution is 2.31. The zero-order valence-corrected chi connectivity index (χ0v) is 17.0. The number of hydrazone groups is 1. The summed E-state index contributed by atoms with van der Waals surface area (Å²) in [5, 5.41) is 21.8. The molecule has 2 aliphatic rings. The number of nitro groups is 1. The number of halogens is 1. The fourth-order valence-electron chi connectivity index (χ4n) is 3.04. The van der Waals surface area contributed by atoms with Gasteiger partial charge in [0.25, 0.3) is 11.6 Å². The first-order valence-corrected chi connectivity index (χ1v) is 10.2. The number of carbonyl (C=O) groups excluding carboxylic acids is 1. The van der Waals surface area contributed by atoms with Crippen molar-refractivity contribution in [3.05, 3.63) is 73.2 Å². The maximum absolute atomic E-state index is 12.9. The van der Waals surface area contributed by atoms with Crippen LogP contribution in [0.3, 0.4) is 0 Å². The van der Waals surface area contributed by atoms with Crippen molar-refractivity contribution in [2.45, 2.75) is 13.1 Å².